The Bertz CT molecular complexity index is 625. The molecule has 2 atom stereocenters. The molecule has 1 unspecified atom stereocenters. The van der Waals surface area contributed by atoms with Crippen LogP contribution in [-0.4, -0.2) is 31.4 Å². The van der Waals surface area contributed by atoms with Crippen molar-refractivity contribution in [3.8, 4) is 5.75 Å². The Hall–Kier alpha value is -1.20. The molecule has 5 heteroatoms. The Labute approximate surface area is 201 Å². The van der Waals surface area contributed by atoms with Crippen LogP contribution in [0.5, 0.6) is 5.75 Å². The third-order valence-corrected chi connectivity index (χ3v) is 7.60. The van der Waals surface area contributed by atoms with E-state index in [0.29, 0.717) is 0 Å². The molecule has 0 aromatic heterocycles. The molecule has 2 rings (SSSR count). The summed E-state index contributed by atoms with van der Waals surface area (Å²) >= 11 is 1.77. The van der Waals surface area contributed by atoms with Gasteiger partial charge in [-0.2, -0.15) is 0 Å². The maximum absolute atomic E-state index is 12.5. The van der Waals surface area contributed by atoms with Crippen LogP contribution in [0, 0.1) is 0 Å². The van der Waals surface area contributed by atoms with E-state index in [4.69, 9.17) is 4.74 Å². The number of benzene rings is 1. The van der Waals surface area contributed by atoms with Crippen LogP contribution in [0.25, 0.3) is 0 Å². The van der Waals surface area contributed by atoms with E-state index in [1.165, 1.54) is 83.5 Å². The molecule has 1 heterocycles. The van der Waals surface area contributed by atoms with Crippen molar-refractivity contribution in [2.45, 2.75) is 108 Å². The van der Waals surface area contributed by atoms with Gasteiger partial charge in [-0.1, -0.05) is 109 Å². The zero-order chi connectivity index (χ0) is 22.9. The Kier molecular flexibility index (Phi) is 14.6. The summed E-state index contributed by atoms with van der Waals surface area (Å²) in [6, 6.07) is 7.91. The molecule has 4 nitrogen and oxygen atoms in total. The van der Waals surface area contributed by atoms with Crippen molar-refractivity contribution in [2.75, 3.05) is 19.4 Å². The first-order valence-electron chi connectivity index (χ1n) is 13.0. The smallest absolute Gasteiger partial charge is 0.238 e. The van der Waals surface area contributed by atoms with Crippen molar-refractivity contribution >= 4 is 17.7 Å². The molecule has 1 saturated heterocycles. The van der Waals surface area contributed by atoms with Gasteiger partial charge in [-0.05, 0) is 12.5 Å². The molecule has 2 N–H and O–H groups in total. The van der Waals surface area contributed by atoms with Crippen LogP contribution in [0.3, 0.4) is 0 Å². The number of carbonyl (C=O) groups is 1. The van der Waals surface area contributed by atoms with Crippen LogP contribution in [0.1, 0.15) is 108 Å². The summed E-state index contributed by atoms with van der Waals surface area (Å²) in [5.41, 5.74) is 1.11. The average Bonchev–Trinajstić information content (AvgIpc) is 3.31. The molecule has 0 saturated carbocycles. The van der Waals surface area contributed by atoms with E-state index < -0.39 is 0 Å². The normalized spacial score (nSPS) is 18.1. The fraction of sp³-hybridized carbons (Fsp3) is 0.741. The second-order valence-corrected chi connectivity index (χ2v) is 10.2. The van der Waals surface area contributed by atoms with Gasteiger partial charge in [0.15, 0.2) is 0 Å². The minimum absolute atomic E-state index is 0.114. The number of unbranched alkanes of at least 4 members (excludes halogenated alkanes) is 13. The first kappa shape index (κ1) is 27.0. The maximum atomic E-state index is 12.5. The van der Waals surface area contributed by atoms with Crippen LogP contribution in [0.2, 0.25) is 0 Å². The third-order valence-electron chi connectivity index (χ3n) is 6.35. The van der Waals surface area contributed by atoms with Gasteiger partial charge >= 0.3 is 0 Å². The second kappa shape index (κ2) is 17.3. The number of hydrogen-bond donors (Lipinski definition) is 2. The number of carbonyl (C=O) groups excluding carboxylic acids is 1. The predicted molar refractivity (Wildman–Crippen MR) is 138 cm³/mol. The Morgan fingerprint density at radius 1 is 0.938 bits per heavy atom. The molecule has 1 aromatic carbocycles. The summed E-state index contributed by atoms with van der Waals surface area (Å²) in [7, 11) is 1.69. The Morgan fingerprint density at radius 3 is 2.09 bits per heavy atom. The molecule has 1 aliphatic rings. The lowest BCUT2D eigenvalue weighted by Gasteiger charge is -2.16. The van der Waals surface area contributed by atoms with Gasteiger partial charge in [0, 0.05) is 17.9 Å². The van der Waals surface area contributed by atoms with Crippen LogP contribution < -0.4 is 15.4 Å². The summed E-state index contributed by atoms with van der Waals surface area (Å²) in [4.78, 5) is 12.5. The lowest BCUT2D eigenvalue weighted by atomic mass is 10.0. The highest BCUT2D eigenvalue weighted by Gasteiger charge is 2.31. The van der Waals surface area contributed by atoms with Crippen LogP contribution in [-0.2, 0) is 4.79 Å². The van der Waals surface area contributed by atoms with Crippen molar-refractivity contribution in [2.24, 2.45) is 0 Å². The van der Waals surface area contributed by atoms with Gasteiger partial charge in [0.2, 0.25) is 5.91 Å². The number of methoxy groups -OCH3 is 1. The number of amides is 1. The first-order valence-corrected chi connectivity index (χ1v) is 14.1. The van der Waals surface area contributed by atoms with Crippen LogP contribution in [0.4, 0.5) is 0 Å². The van der Waals surface area contributed by atoms with Gasteiger partial charge in [0.1, 0.15) is 5.75 Å². The average molecular weight is 463 g/mol. The summed E-state index contributed by atoms with van der Waals surface area (Å²) in [5.74, 6) is 1.80. The summed E-state index contributed by atoms with van der Waals surface area (Å²) in [6.45, 7) is 3.07. The fourth-order valence-corrected chi connectivity index (χ4v) is 5.61. The fourth-order valence-electron chi connectivity index (χ4n) is 4.34. The molecule has 32 heavy (non-hydrogen) atoms. The monoisotopic (exact) mass is 462 g/mol. The highest BCUT2D eigenvalue weighted by Crippen LogP contribution is 2.37. The number of nitrogens with one attached hydrogen (secondary N) is 2. The van der Waals surface area contributed by atoms with Crippen molar-refractivity contribution < 1.29 is 9.53 Å². The first-order chi connectivity index (χ1) is 15.8. The van der Waals surface area contributed by atoms with Gasteiger partial charge < -0.3 is 10.1 Å². The molecule has 182 valence electrons. The number of para-hydroxylation sites is 1. The van der Waals surface area contributed by atoms with Gasteiger partial charge in [0.05, 0.1) is 18.5 Å². The van der Waals surface area contributed by atoms with E-state index in [0.717, 1.165) is 30.0 Å². The summed E-state index contributed by atoms with van der Waals surface area (Å²) < 4.78 is 5.46. The van der Waals surface area contributed by atoms with Crippen molar-refractivity contribution in [1.29, 1.82) is 0 Å². The predicted octanol–water partition coefficient (Wildman–Crippen LogP) is 7.00. The van der Waals surface area contributed by atoms with E-state index >= 15 is 0 Å². The number of rotatable bonds is 18. The maximum Gasteiger partial charge on any atom is 0.238 e. The lowest BCUT2D eigenvalue weighted by molar-refractivity contribution is -0.122. The van der Waals surface area contributed by atoms with E-state index in [-0.39, 0.29) is 17.3 Å². The topological polar surface area (TPSA) is 50.4 Å². The van der Waals surface area contributed by atoms with Gasteiger partial charge in [-0.3, -0.25) is 10.1 Å². The summed E-state index contributed by atoms with van der Waals surface area (Å²) in [6.07, 6.45) is 19.0. The van der Waals surface area contributed by atoms with E-state index in [1.807, 2.05) is 18.2 Å². The highest BCUT2D eigenvalue weighted by molar-refractivity contribution is 7.99. The van der Waals surface area contributed by atoms with Gasteiger partial charge in [-0.25, -0.2) is 0 Å². The quantitative estimate of drug-likeness (QED) is 0.231. The highest BCUT2D eigenvalue weighted by atomic mass is 32.2. The SMILES string of the molecule is CCCCCCCCCCCCCCCCNC(=O)[C@@H]1CSC(c2ccccc2OC)N1. The molecule has 1 amide bonds. The number of thioether (sulfide) groups is 1. The molecule has 1 fully saturated rings. The number of ether oxygens (including phenoxy) is 1. The van der Waals surface area contributed by atoms with Crippen molar-refractivity contribution in [3.63, 3.8) is 0 Å². The van der Waals surface area contributed by atoms with Crippen LogP contribution >= 0.6 is 11.8 Å². The standard InChI is InChI=1S/C27H46N2O2S/c1-3-4-5-6-7-8-9-10-11-12-13-14-15-18-21-28-26(30)24-22-32-27(29-24)23-19-16-17-20-25(23)31-2/h16-17,19-20,24,27,29H,3-15,18,21-22H2,1-2H3,(H,28,30)/t24-,27?/m0/s1. The molecule has 0 bridgehead atoms. The molecule has 0 spiro atoms. The third kappa shape index (κ3) is 10.6. The lowest BCUT2D eigenvalue weighted by Crippen LogP contribution is -2.42. The zero-order valence-corrected chi connectivity index (χ0v) is 21.3. The molecular formula is C27H46N2O2S. The largest absolute Gasteiger partial charge is 0.496 e. The van der Waals surface area contributed by atoms with Crippen LogP contribution in [0.15, 0.2) is 24.3 Å². The Morgan fingerprint density at radius 2 is 1.50 bits per heavy atom. The number of hydrogen-bond acceptors (Lipinski definition) is 4. The molecule has 0 radical (unpaired) electrons. The second-order valence-electron chi connectivity index (χ2n) is 9.06. The minimum atomic E-state index is -0.124. The minimum Gasteiger partial charge on any atom is -0.496 e. The van der Waals surface area contributed by atoms with Crippen molar-refractivity contribution in [1.82, 2.24) is 10.6 Å². The molecule has 1 aliphatic heterocycles. The Balaban J connectivity index is 1.42. The van der Waals surface area contributed by atoms with Gasteiger partial charge in [-0.15, -0.1) is 11.8 Å². The molecular weight excluding hydrogens is 416 g/mol. The van der Waals surface area contributed by atoms with Crippen molar-refractivity contribution in [3.05, 3.63) is 29.8 Å². The summed E-state index contributed by atoms with van der Waals surface area (Å²) in [5, 5.41) is 6.69. The van der Waals surface area contributed by atoms with E-state index in [1.54, 1.807) is 18.9 Å². The van der Waals surface area contributed by atoms with Gasteiger partial charge in [0.25, 0.3) is 0 Å². The zero-order valence-electron chi connectivity index (χ0n) is 20.5. The van der Waals surface area contributed by atoms with E-state index in [2.05, 4.69) is 23.6 Å². The molecule has 0 aliphatic carbocycles. The molecule has 1 aromatic rings. The van der Waals surface area contributed by atoms with E-state index in [9.17, 15) is 4.79 Å².